The minimum Gasteiger partial charge on any atom is -0.356 e. The van der Waals surface area contributed by atoms with Gasteiger partial charge in [-0.2, -0.15) is 10.5 Å². The lowest BCUT2D eigenvalue weighted by atomic mass is 9.89. The van der Waals surface area contributed by atoms with Gasteiger partial charge in [-0.15, -0.1) is 0 Å². The van der Waals surface area contributed by atoms with Gasteiger partial charge in [0.2, 0.25) is 0 Å². The Morgan fingerprint density at radius 1 is 0.234 bits per heavy atom. The molecular weight excluding hydrogens is 1830 g/mol. The fourth-order valence-electron chi connectivity index (χ4n) is 21.2. The number of nitrogens with one attached hydrogen (secondary N) is 1. The summed E-state index contributed by atoms with van der Waals surface area (Å²) in [5.41, 5.74) is 31.3. The van der Waals surface area contributed by atoms with Crippen LogP contribution < -0.4 is 10.2 Å². The molecule has 0 atom stereocenters. The average Bonchev–Trinajstić information content (AvgIpc) is 1.66. The summed E-state index contributed by atoms with van der Waals surface area (Å²) in [4.78, 5) is 9.66. The molecule has 0 bridgehead atoms. The summed E-state index contributed by atoms with van der Waals surface area (Å²) in [6.45, 7) is 15.6. The smallest absolute Gasteiger partial charge is 0.190 e. The number of fused-ring (bicyclic) bond motifs is 12. The maximum atomic E-state index is 10.4. The highest BCUT2D eigenvalue weighted by Crippen LogP contribution is 2.52. The van der Waals surface area contributed by atoms with Crippen LogP contribution in [0.1, 0.15) is 11.1 Å². The molecule has 0 unspecified atom stereocenters. The Bertz CT molecular complexity index is 9410. The largest absolute Gasteiger partial charge is 0.356 e. The molecule has 24 aromatic carbocycles. The van der Waals surface area contributed by atoms with Crippen molar-refractivity contribution in [3.05, 3.63) is 548 Å². The Hall–Kier alpha value is -19.5. The van der Waals surface area contributed by atoms with E-state index in [1.54, 1.807) is 24.3 Å². The zero-order chi connectivity index (χ0) is 97.4. The van der Waals surface area contributed by atoms with Crippen molar-refractivity contribution in [1.82, 2.24) is 9.13 Å². The third kappa shape index (κ3) is 16.7. The predicted molar refractivity (Wildman–Crippen MR) is 611 cm³/mol. The van der Waals surface area contributed by atoms with Crippen molar-refractivity contribution in [2.45, 2.75) is 0 Å². The number of hydrogen-bond donors (Lipinski definition) is 1. The van der Waals surface area contributed by atoms with E-state index in [4.69, 9.17) is 13.1 Å². The van der Waals surface area contributed by atoms with Crippen LogP contribution in [-0.4, -0.2) is 9.13 Å². The molecule has 0 saturated heterocycles. The number of nitrogens with zero attached hydrogens (tertiary/aromatic N) is 7. The highest BCUT2D eigenvalue weighted by Gasteiger charge is 2.27. The van der Waals surface area contributed by atoms with Gasteiger partial charge in [-0.25, -0.2) is 9.69 Å². The number of benzene rings is 24. The van der Waals surface area contributed by atoms with Gasteiger partial charge in [-0.3, -0.25) is 0 Å². The maximum absolute atomic E-state index is 10.4. The number of aromatic nitrogens is 2. The molecule has 0 aliphatic heterocycles. The summed E-state index contributed by atoms with van der Waals surface area (Å²) in [5, 5.41) is 42.3. The Balaban J connectivity index is 0.000000130. The molecule has 26 aromatic rings. The molecule has 26 rings (SSSR count). The molecule has 2 aromatic heterocycles. The first-order valence-electron chi connectivity index (χ1n) is 48.3. The van der Waals surface area contributed by atoms with Crippen molar-refractivity contribution in [2.24, 2.45) is 0 Å². The predicted octanol–water partition coefficient (Wildman–Crippen LogP) is 38.3. The van der Waals surface area contributed by atoms with Crippen LogP contribution in [0.4, 0.5) is 39.8 Å². The van der Waals surface area contributed by atoms with Gasteiger partial charge in [0.15, 0.2) is 11.4 Å². The first-order valence-corrected chi connectivity index (χ1v) is 49.1. The molecule has 0 aliphatic rings. The van der Waals surface area contributed by atoms with E-state index in [2.05, 4.69) is 506 Å². The lowest BCUT2D eigenvalue weighted by Crippen LogP contribution is -2.12. The van der Waals surface area contributed by atoms with Gasteiger partial charge in [-0.1, -0.05) is 388 Å². The summed E-state index contributed by atoms with van der Waals surface area (Å²) >= 11 is 3.85. The highest BCUT2D eigenvalue weighted by atomic mass is 79.9. The topological polar surface area (TPSA) is 81.4 Å². The van der Waals surface area contributed by atoms with Crippen molar-refractivity contribution >= 4 is 164 Å². The van der Waals surface area contributed by atoms with Crippen LogP contribution in [0.15, 0.2) is 514 Å². The summed E-state index contributed by atoms with van der Waals surface area (Å²) in [7, 11) is 0. The zero-order valence-corrected chi connectivity index (χ0v) is 80.1. The van der Waals surface area contributed by atoms with E-state index in [0.717, 1.165) is 121 Å². The lowest BCUT2D eigenvalue weighted by molar-refractivity contribution is 1.17. The van der Waals surface area contributed by atoms with E-state index < -0.39 is 0 Å². The summed E-state index contributed by atoms with van der Waals surface area (Å²) in [6.07, 6.45) is 0. The van der Waals surface area contributed by atoms with Crippen molar-refractivity contribution in [2.75, 3.05) is 10.2 Å². The van der Waals surface area contributed by atoms with Crippen molar-refractivity contribution in [1.29, 1.82) is 10.5 Å². The first kappa shape index (κ1) is 88.2. The average molecular weight is 1910 g/mol. The standard InChI is InChI=1S/C68H42N4.C38H24N4.C30H19Br/c1-70-53-38-45(44-69)39-56(42-53)71(68-61-27-12-10-25-59(61)67(60-26-11-13-28-62(60)68)50-32-30-49(31-33-50)58-29-14-21-48-20-8-9-24-57(48)58)54-22-15-23-55(43-54)72-65-36-34-51(46-16-4-2-5-17-46)40-63(65)64-41-52(35-37-66(64)72)47-18-6-3-7-19-47;1-40-32-19-26(25-39)20-33(23-32)41-31-13-8-14-34(24-31)42-37-17-15-29(27-9-4-2-5-10-27)21-35(37)36-22-30(16-18-38(36)42)28-11-6-3-7-12-28;31-30-27-13-5-3-11-25(27)29(26-12-4-6-14-28(26)30)22-18-16-21(17-19-22)24-15-7-9-20-8-1-2-10-23(20)24/h2-43H;2-24,41H;1-19H. The summed E-state index contributed by atoms with van der Waals surface area (Å²) < 4.78 is 5.83. The normalized spacial score (nSPS) is 11.2. The van der Waals surface area contributed by atoms with Crippen molar-refractivity contribution in [3.8, 4) is 113 Å². The third-order valence-electron chi connectivity index (χ3n) is 27.8. The van der Waals surface area contributed by atoms with Gasteiger partial charge in [-0.05, 0) is 280 Å². The van der Waals surface area contributed by atoms with Gasteiger partial charge in [0.1, 0.15) is 0 Å². The second kappa shape index (κ2) is 38.3. The number of anilines is 5. The minimum absolute atomic E-state index is 0.396. The minimum atomic E-state index is 0.396. The Labute approximate surface area is 848 Å². The van der Waals surface area contributed by atoms with Crippen LogP contribution in [0, 0.1) is 35.8 Å². The van der Waals surface area contributed by atoms with Gasteiger partial charge in [0, 0.05) is 82.0 Å². The molecule has 0 radical (unpaired) electrons. The zero-order valence-electron chi connectivity index (χ0n) is 78.5. The van der Waals surface area contributed by atoms with E-state index in [-0.39, 0.29) is 0 Å². The van der Waals surface area contributed by atoms with Crippen molar-refractivity contribution < 1.29 is 0 Å². The van der Waals surface area contributed by atoms with Gasteiger partial charge < -0.3 is 19.4 Å². The van der Waals surface area contributed by atoms with Gasteiger partial charge in [0.05, 0.1) is 53.0 Å². The van der Waals surface area contributed by atoms with Crippen LogP contribution in [0.2, 0.25) is 0 Å². The molecule has 8 nitrogen and oxygen atoms in total. The molecule has 145 heavy (non-hydrogen) atoms. The van der Waals surface area contributed by atoms with E-state index in [9.17, 15) is 10.5 Å². The molecule has 0 aliphatic carbocycles. The molecule has 2 heterocycles. The van der Waals surface area contributed by atoms with Gasteiger partial charge >= 0.3 is 0 Å². The Kier molecular flexibility index (Phi) is 23.3. The fraction of sp³-hybridized carbons (Fsp3) is 0. The lowest BCUT2D eigenvalue weighted by Gasteiger charge is -2.30. The molecule has 676 valence electrons. The molecule has 1 N–H and O–H groups in total. The highest BCUT2D eigenvalue weighted by molar-refractivity contribution is 9.10. The molecule has 9 heteroatoms. The molecular formula is C136H85BrN8. The molecule has 0 spiro atoms. The van der Waals surface area contributed by atoms with E-state index >= 15 is 0 Å². The fourth-order valence-corrected chi connectivity index (χ4v) is 21.9. The monoisotopic (exact) mass is 1910 g/mol. The second-order valence-electron chi connectivity index (χ2n) is 36.4. The van der Waals surface area contributed by atoms with Crippen LogP contribution in [0.25, 0.3) is 218 Å². The van der Waals surface area contributed by atoms with E-state index in [1.165, 1.54) is 115 Å². The first-order chi connectivity index (χ1) is 71.6. The molecule has 0 fully saturated rings. The van der Waals surface area contributed by atoms with Crippen LogP contribution >= 0.6 is 15.9 Å². The molecule has 0 saturated carbocycles. The van der Waals surface area contributed by atoms with Crippen molar-refractivity contribution in [3.63, 3.8) is 0 Å². The summed E-state index contributed by atoms with van der Waals surface area (Å²) in [6, 6.07) is 184. The number of rotatable bonds is 15. The van der Waals surface area contributed by atoms with Crippen LogP contribution in [0.5, 0.6) is 0 Å². The number of hydrogen-bond acceptors (Lipinski definition) is 4. The van der Waals surface area contributed by atoms with Crippen LogP contribution in [0.3, 0.4) is 0 Å². The quantitative estimate of drug-likeness (QED) is 0.0819. The summed E-state index contributed by atoms with van der Waals surface area (Å²) in [5.74, 6) is 0. The van der Waals surface area contributed by atoms with E-state index in [1.807, 2.05) is 36.4 Å². The Morgan fingerprint density at radius 2 is 0.559 bits per heavy atom. The number of nitriles is 2. The Morgan fingerprint density at radius 3 is 0.966 bits per heavy atom. The molecule has 0 amide bonds. The number of halogens is 1. The maximum Gasteiger partial charge on any atom is 0.190 e. The third-order valence-corrected chi connectivity index (χ3v) is 28.7. The van der Waals surface area contributed by atoms with Crippen LogP contribution in [-0.2, 0) is 0 Å². The van der Waals surface area contributed by atoms with Gasteiger partial charge in [0.25, 0.3) is 0 Å². The SMILES string of the molecule is Brc1c2ccccc2c(-c2ccc(-c3cccc4ccccc34)cc2)c2ccccc12.[C-]#[N+]c1cc(C#N)cc(N(c2cccc(-n3c4ccc(-c5ccccc5)cc4c4cc(-c5ccccc5)ccc43)c2)c2c3ccccc3c(-c3ccc(-c4cccc5ccccc45)cc3)c3ccccc23)c1.[C-]#[N+]c1cc(C#N)cc(Nc2cccc(-n3c4ccc(-c5ccccc5)cc4c4cc(-c5ccccc5)ccc43)c2)c1. The second-order valence-corrected chi connectivity index (χ2v) is 37.1. The van der Waals surface area contributed by atoms with E-state index in [0.29, 0.717) is 28.2 Å².